The van der Waals surface area contributed by atoms with Gasteiger partial charge in [0.15, 0.2) is 0 Å². The first-order chi connectivity index (χ1) is 8.56. The highest BCUT2D eigenvalue weighted by Crippen LogP contribution is 2.19. The Morgan fingerprint density at radius 3 is 2.44 bits per heavy atom. The van der Waals surface area contributed by atoms with E-state index in [4.69, 9.17) is 0 Å². The molecule has 0 spiro atoms. The number of hydrogen-bond donors (Lipinski definition) is 1. The van der Waals surface area contributed by atoms with Gasteiger partial charge in [0.2, 0.25) is 0 Å². The zero-order valence-electron chi connectivity index (χ0n) is 9.18. The number of rotatable bonds is 3. The van der Waals surface area contributed by atoms with E-state index < -0.39 is 17.5 Å². The van der Waals surface area contributed by atoms with E-state index in [1.54, 1.807) is 12.1 Å². The molecule has 94 valence electrons. The van der Waals surface area contributed by atoms with E-state index >= 15 is 0 Å². The number of benzene rings is 2. The third-order valence-electron chi connectivity index (χ3n) is 2.40. The molecule has 0 fully saturated rings. The Labute approximate surface area is 111 Å². The van der Waals surface area contributed by atoms with Gasteiger partial charge in [0, 0.05) is 6.54 Å². The molecule has 2 aromatic rings. The molecular formula is C13H9BrF3N. The summed E-state index contributed by atoms with van der Waals surface area (Å²) in [6, 6.07) is 7.73. The van der Waals surface area contributed by atoms with Gasteiger partial charge in [-0.3, -0.25) is 0 Å². The Kier molecular flexibility index (Phi) is 3.91. The van der Waals surface area contributed by atoms with Gasteiger partial charge in [0.25, 0.3) is 0 Å². The van der Waals surface area contributed by atoms with Crippen LogP contribution < -0.4 is 5.32 Å². The molecule has 0 radical (unpaired) electrons. The summed E-state index contributed by atoms with van der Waals surface area (Å²) < 4.78 is 39.8. The van der Waals surface area contributed by atoms with Crippen LogP contribution in [0.3, 0.4) is 0 Å². The van der Waals surface area contributed by atoms with Gasteiger partial charge in [-0.1, -0.05) is 6.07 Å². The maximum atomic E-state index is 13.3. The topological polar surface area (TPSA) is 12.0 Å². The zero-order valence-corrected chi connectivity index (χ0v) is 10.8. The second kappa shape index (κ2) is 5.44. The minimum atomic E-state index is -0.547. The van der Waals surface area contributed by atoms with Crippen LogP contribution in [-0.2, 0) is 6.54 Å². The van der Waals surface area contributed by atoms with E-state index in [-0.39, 0.29) is 12.2 Å². The summed E-state index contributed by atoms with van der Waals surface area (Å²) >= 11 is 3.04. The van der Waals surface area contributed by atoms with E-state index in [0.717, 1.165) is 18.2 Å². The summed E-state index contributed by atoms with van der Waals surface area (Å²) in [5, 5.41) is 2.72. The lowest BCUT2D eigenvalue weighted by Crippen LogP contribution is -2.02. The molecule has 18 heavy (non-hydrogen) atoms. The third-order valence-corrected chi connectivity index (χ3v) is 3.04. The van der Waals surface area contributed by atoms with Gasteiger partial charge < -0.3 is 5.32 Å². The maximum Gasteiger partial charge on any atom is 0.146 e. The van der Waals surface area contributed by atoms with E-state index in [1.807, 2.05) is 0 Å². The lowest BCUT2D eigenvalue weighted by Gasteiger charge is -2.08. The molecule has 0 saturated heterocycles. The van der Waals surface area contributed by atoms with E-state index in [0.29, 0.717) is 10.0 Å². The predicted octanol–water partition coefficient (Wildman–Crippen LogP) is 4.48. The van der Waals surface area contributed by atoms with E-state index in [9.17, 15) is 13.2 Å². The van der Waals surface area contributed by atoms with Crippen LogP contribution in [0.25, 0.3) is 0 Å². The molecule has 0 amide bonds. The van der Waals surface area contributed by atoms with Gasteiger partial charge in [-0.2, -0.15) is 0 Å². The summed E-state index contributed by atoms with van der Waals surface area (Å²) in [6.07, 6.45) is 0. The molecule has 2 rings (SSSR count). The lowest BCUT2D eigenvalue weighted by atomic mass is 10.2. The minimum Gasteiger partial charge on any atom is -0.379 e. The van der Waals surface area contributed by atoms with Gasteiger partial charge in [0.05, 0.1) is 10.2 Å². The van der Waals surface area contributed by atoms with Crippen molar-refractivity contribution in [2.45, 2.75) is 6.54 Å². The normalized spacial score (nSPS) is 10.4. The fraction of sp³-hybridized carbons (Fsp3) is 0.0769. The second-order valence-electron chi connectivity index (χ2n) is 3.73. The number of halogens is 4. The molecule has 5 heteroatoms. The van der Waals surface area contributed by atoms with Crippen LogP contribution in [0.15, 0.2) is 40.9 Å². The summed E-state index contributed by atoms with van der Waals surface area (Å²) in [4.78, 5) is 0. The molecule has 0 unspecified atom stereocenters. The molecule has 1 N–H and O–H groups in total. The Morgan fingerprint density at radius 1 is 0.944 bits per heavy atom. The van der Waals surface area contributed by atoms with Crippen molar-refractivity contribution in [3.63, 3.8) is 0 Å². The van der Waals surface area contributed by atoms with Crippen LogP contribution in [0.1, 0.15) is 5.56 Å². The van der Waals surface area contributed by atoms with Crippen LogP contribution in [-0.4, -0.2) is 0 Å². The molecule has 2 aromatic carbocycles. The quantitative estimate of drug-likeness (QED) is 0.880. The van der Waals surface area contributed by atoms with E-state index in [2.05, 4.69) is 21.2 Å². The SMILES string of the molecule is Fc1ccc(F)c(NCc2ccc(Br)c(F)c2)c1. The molecule has 1 nitrogen and oxygen atoms in total. The van der Waals surface area contributed by atoms with Crippen LogP contribution in [0.4, 0.5) is 18.9 Å². The Balaban J connectivity index is 2.11. The summed E-state index contributed by atoms with van der Waals surface area (Å²) in [6.45, 7) is 0.213. The van der Waals surface area contributed by atoms with Gasteiger partial charge in [-0.15, -0.1) is 0 Å². The smallest absolute Gasteiger partial charge is 0.146 e. The van der Waals surface area contributed by atoms with Crippen molar-refractivity contribution >= 4 is 21.6 Å². The first-order valence-electron chi connectivity index (χ1n) is 5.19. The monoisotopic (exact) mass is 315 g/mol. The number of hydrogen-bond acceptors (Lipinski definition) is 1. The maximum absolute atomic E-state index is 13.3. The Bertz CT molecular complexity index is 572. The molecule has 0 atom stereocenters. The largest absolute Gasteiger partial charge is 0.379 e. The van der Waals surface area contributed by atoms with Gasteiger partial charge in [0.1, 0.15) is 17.5 Å². The van der Waals surface area contributed by atoms with Gasteiger partial charge >= 0.3 is 0 Å². The van der Waals surface area contributed by atoms with Crippen molar-refractivity contribution in [1.82, 2.24) is 0 Å². The molecule has 0 bridgehead atoms. The Hall–Kier alpha value is -1.49. The predicted molar refractivity (Wildman–Crippen MR) is 67.8 cm³/mol. The molecule has 0 saturated carbocycles. The highest BCUT2D eigenvalue weighted by molar-refractivity contribution is 9.10. The molecule has 0 aromatic heterocycles. The molecule has 0 aliphatic heterocycles. The average molecular weight is 316 g/mol. The van der Waals surface area contributed by atoms with Gasteiger partial charge in [-0.25, -0.2) is 13.2 Å². The summed E-state index contributed by atoms with van der Waals surface area (Å²) in [5.41, 5.74) is 0.692. The zero-order chi connectivity index (χ0) is 13.1. The number of anilines is 1. The van der Waals surface area contributed by atoms with Crippen LogP contribution in [0, 0.1) is 17.5 Å². The highest BCUT2D eigenvalue weighted by Gasteiger charge is 2.05. The lowest BCUT2D eigenvalue weighted by molar-refractivity contribution is 0.602. The average Bonchev–Trinajstić information content (AvgIpc) is 2.34. The van der Waals surface area contributed by atoms with Crippen LogP contribution in [0.2, 0.25) is 0 Å². The van der Waals surface area contributed by atoms with Crippen LogP contribution in [0.5, 0.6) is 0 Å². The molecule has 0 heterocycles. The molecule has 0 aliphatic rings. The number of nitrogens with one attached hydrogen (secondary N) is 1. The van der Waals surface area contributed by atoms with Crippen molar-refractivity contribution in [2.75, 3.05) is 5.32 Å². The van der Waals surface area contributed by atoms with Crippen molar-refractivity contribution in [3.8, 4) is 0 Å². The van der Waals surface area contributed by atoms with Crippen molar-refractivity contribution in [2.24, 2.45) is 0 Å². The fourth-order valence-electron chi connectivity index (χ4n) is 1.48. The third kappa shape index (κ3) is 3.04. The van der Waals surface area contributed by atoms with Crippen LogP contribution >= 0.6 is 15.9 Å². The first kappa shape index (κ1) is 13.0. The van der Waals surface area contributed by atoms with E-state index in [1.165, 1.54) is 6.07 Å². The van der Waals surface area contributed by atoms with Crippen molar-refractivity contribution < 1.29 is 13.2 Å². The standard InChI is InChI=1S/C13H9BrF3N/c14-10-3-1-8(5-12(10)17)7-18-13-6-9(15)2-4-11(13)16/h1-6,18H,7H2. The minimum absolute atomic E-state index is 0.0540. The van der Waals surface area contributed by atoms with Crippen molar-refractivity contribution in [1.29, 1.82) is 0 Å². The fourth-order valence-corrected chi connectivity index (χ4v) is 1.73. The first-order valence-corrected chi connectivity index (χ1v) is 5.98. The van der Waals surface area contributed by atoms with Gasteiger partial charge in [-0.05, 0) is 51.8 Å². The second-order valence-corrected chi connectivity index (χ2v) is 4.58. The highest BCUT2D eigenvalue weighted by atomic mass is 79.9. The summed E-state index contributed by atoms with van der Waals surface area (Å²) in [7, 11) is 0. The Morgan fingerprint density at radius 2 is 1.72 bits per heavy atom. The molecule has 0 aliphatic carbocycles. The summed E-state index contributed by atoms with van der Waals surface area (Å²) in [5.74, 6) is -1.47. The van der Waals surface area contributed by atoms with Crippen molar-refractivity contribution in [3.05, 3.63) is 63.9 Å². The molecular weight excluding hydrogens is 307 g/mol.